The molecule has 160 valence electrons. The second-order valence-corrected chi connectivity index (χ2v) is 8.44. The smallest absolute Gasteiger partial charge is 0.289 e. The number of morpholine rings is 1. The number of likely N-dealkylation sites (N-methyl/N-ethyl adjacent to an activating group) is 2. The molecule has 4 rings (SSSR count). The summed E-state index contributed by atoms with van der Waals surface area (Å²) in [6.07, 6.45) is 2.43. The molecule has 1 aromatic heterocycles. The molecule has 2 fully saturated rings. The third kappa shape index (κ3) is 4.42. The minimum atomic E-state index is -0.496. The molecule has 2 aliphatic rings. The Morgan fingerprint density at radius 3 is 2.53 bits per heavy atom. The molecule has 2 aliphatic heterocycles. The van der Waals surface area contributed by atoms with Crippen molar-refractivity contribution in [2.45, 2.75) is 31.1 Å². The molecule has 3 heterocycles. The maximum atomic E-state index is 13.1. The van der Waals surface area contributed by atoms with Gasteiger partial charge in [0.1, 0.15) is 6.10 Å². The molecular formula is C23H29N3O4. The summed E-state index contributed by atoms with van der Waals surface area (Å²) in [5.74, 6) is 0.274. The lowest BCUT2D eigenvalue weighted by Gasteiger charge is -2.49. The Bertz CT molecular complexity index is 860. The van der Waals surface area contributed by atoms with Crippen LogP contribution in [0.2, 0.25) is 0 Å². The lowest BCUT2D eigenvalue weighted by molar-refractivity contribution is -0.186. The topological polar surface area (TPSA) is 66.2 Å². The van der Waals surface area contributed by atoms with Gasteiger partial charge in [-0.05, 0) is 37.6 Å². The van der Waals surface area contributed by atoms with Crippen LogP contribution in [0.15, 0.2) is 53.1 Å². The first kappa shape index (κ1) is 20.6. The quantitative estimate of drug-likeness (QED) is 0.772. The number of rotatable bonds is 4. The number of nitrogens with zero attached hydrogens (tertiary/aromatic N) is 3. The van der Waals surface area contributed by atoms with Crippen molar-refractivity contribution in [1.29, 1.82) is 0 Å². The molecule has 0 bridgehead atoms. The molecule has 0 N–H and O–H groups in total. The average Bonchev–Trinajstić information content (AvgIpc) is 3.28. The molecule has 2 aromatic rings. The number of hydrogen-bond donors (Lipinski definition) is 0. The molecule has 0 aliphatic carbocycles. The first-order chi connectivity index (χ1) is 14.5. The number of piperidine rings is 1. The van der Waals surface area contributed by atoms with Crippen LogP contribution >= 0.6 is 0 Å². The Balaban J connectivity index is 1.38. The molecule has 1 aromatic carbocycles. The summed E-state index contributed by atoms with van der Waals surface area (Å²) in [6, 6.07) is 13.4. The Hall–Kier alpha value is -2.64. The van der Waals surface area contributed by atoms with Crippen molar-refractivity contribution in [3.05, 3.63) is 60.1 Å². The zero-order valence-corrected chi connectivity index (χ0v) is 17.6. The molecule has 2 amide bonds. The van der Waals surface area contributed by atoms with Gasteiger partial charge in [0.2, 0.25) is 0 Å². The number of amides is 2. The van der Waals surface area contributed by atoms with Crippen LogP contribution in [0, 0.1) is 0 Å². The second kappa shape index (κ2) is 8.62. The van der Waals surface area contributed by atoms with Crippen LogP contribution < -0.4 is 0 Å². The third-order valence-electron chi connectivity index (χ3n) is 6.04. The standard InChI is InChI=1S/C23H29N3O4/c1-24-16-20(21(27)25(2)15-18-7-4-3-5-8-18)30-23(17-24)10-12-26(13-11-23)22(28)19-9-6-14-29-19/h3-9,14,20H,10-13,15-17H2,1-2H3/t20-/m0/s1. The summed E-state index contributed by atoms with van der Waals surface area (Å²) in [4.78, 5) is 31.4. The van der Waals surface area contributed by atoms with E-state index in [2.05, 4.69) is 4.90 Å². The van der Waals surface area contributed by atoms with Gasteiger partial charge in [0.25, 0.3) is 11.8 Å². The summed E-state index contributed by atoms with van der Waals surface area (Å²) in [5.41, 5.74) is 0.692. The van der Waals surface area contributed by atoms with Crippen LogP contribution in [0.25, 0.3) is 0 Å². The Labute approximate surface area is 177 Å². The zero-order chi connectivity index (χ0) is 21.1. The zero-order valence-electron chi connectivity index (χ0n) is 17.6. The Kier molecular flexibility index (Phi) is 5.92. The number of carbonyl (C=O) groups excluding carboxylic acids is 2. The van der Waals surface area contributed by atoms with Crippen molar-refractivity contribution in [1.82, 2.24) is 14.7 Å². The van der Waals surface area contributed by atoms with Crippen LogP contribution in [0.3, 0.4) is 0 Å². The van der Waals surface area contributed by atoms with Gasteiger partial charge in [-0.25, -0.2) is 0 Å². The van der Waals surface area contributed by atoms with E-state index in [4.69, 9.17) is 9.15 Å². The Morgan fingerprint density at radius 1 is 1.13 bits per heavy atom. The summed E-state index contributed by atoms with van der Waals surface area (Å²) in [5, 5.41) is 0. The summed E-state index contributed by atoms with van der Waals surface area (Å²) in [6.45, 7) is 3.08. The highest BCUT2D eigenvalue weighted by molar-refractivity contribution is 5.91. The molecule has 0 radical (unpaired) electrons. The lowest BCUT2D eigenvalue weighted by atomic mass is 9.88. The number of benzene rings is 1. The number of hydrogen-bond acceptors (Lipinski definition) is 5. The molecule has 1 spiro atoms. The molecule has 0 unspecified atom stereocenters. The van der Waals surface area contributed by atoms with Gasteiger partial charge in [-0.15, -0.1) is 0 Å². The van der Waals surface area contributed by atoms with E-state index < -0.39 is 11.7 Å². The number of carbonyl (C=O) groups is 2. The average molecular weight is 412 g/mol. The highest BCUT2D eigenvalue weighted by atomic mass is 16.5. The van der Waals surface area contributed by atoms with E-state index >= 15 is 0 Å². The Morgan fingerprint density at radius 2 is 1.87 bits per heavy atom. The fourth-order valence-electron chi connectivity index (χ4n) is 4.47. The first-order valence-corrected chi connectivity index (χ1v) is 10.4. The largest absolute Gasteiger partial charge is 0.459 e. The van der Waals surface area contributed by atoms with Crippen molar-refractivity contribution >= 4 is 11.8 Å². The van der Waals surface area contributed by atoms with Gasteiger partial charge in [-0.1, -0.05) is 30.3 Å². The summed E-state index contributed by atoms with van der Waals surface area (Å²) >= 11 is 0. The minimum absolute atomic E-state index is 0.00105. The lowest BCUT2D eigenvalue weighted by Crippen LogP contribution is -2.61. The monoisotopic (exact) mass is 411 g/mol. The highest BCUT2D eigenvalue weighted by Crippen LogP contribution is 2.33. The van der Waals surface area contributed by atoms with Crippen LogP contribution in [-0.4, -0.2) is 78.5 Å². The maximum absolute atomic E-state index is 13.1. The van der Waals surface area contributed by atoms with Gasteiger partial charge in [-0.3, -0.25) is 9.59 Å². The van der Waals surface area contributed by atoms with E-state index in [0.29, 0.717) is 44.8 Å². The van der Waals surface area contributed by atoms with Crippen LogP contribution in [0.1, 0.15) is 29.0 Å². The van der Waals surface area contributed by atoms with Crippen molar-refractivity contribution in [3.8, 4) is 0 Å². The third-order valence-corrected chi connectivity index (χ3v) is 6.04. The molecular weight excluding hydrogens is 382 g/mol. The summed E-state index contributed by atoms with van der Waals surface area (Å²) in [7, 11) is 3.85. The van der Waals surface area contributed by atoms with Gasteiger partial charge in [0.05, 0.1) is 11.9 Å². The second-order valence-electron chi connectivity index (χ2n) is 8.44. The van der Waals surface area contributed by atoms with Gasteiger partial charge in [0, 0.05) is 39.8 Å². The molecule has 0 saturated carbocycles. The molecule has 7 heteroatoms. The fraction of sp³-hybridized carbons (Fsp3) is 0.478. The van der Waals surface area contributed by atoms with Crippen LogP contribution in [0.5, 0.6) is 0 Å². The van der Waals surface area contributed by atoms with E-state index in [1.807, 2.05) is 44.4 Å². The normalized spacial score (nSPS) is 21.5. The predicted molar refractivity (Wildman–Crippen MR) is 112 cm³/mol. The highest BCUT2D eigenvalue weighted by Gasteiger charge is 2.45. The molecule has 1 atom stereocenters. The number of furan rings is 1. The van der Waals surface area contributed by atoms with Crippen molar-refractivity contribution in [3.63, 3.8) is 0 Å². The van der Waals surface area contributed by atoms with E-state index in [9.17, 15) is 9.59 Å². The van der Waals surface area contributed by atoms with Crippen LogP contribution in [0.4, 0.5) is 0 Å². The first-order valence-electron chi connectivity index (χ1n) is 10.4. The predicted octanol–water partition coefficient (Wildman–Crippen LogP) is 2.24. The fourth-order valence-corrected chi connectivity index (χ4v) is 4.47. The van der Waals surface area contributed by atoms with Gasteiger partial charge in [0.15, 0.2) is 5.76 Å². The van der Waals surface area contributed by atoms with Crippen molar-refractivity contribution in [2.24, 2.45) is 0 Å². The molecule has 7 nitrogen and oxygen atoms in total. The van der Waals surface area contributed by atoms with E-state index in [1.54, 1.807) is 21.9 Å². The van der Waals surface area contributed by atoms with Gasteiger partial charge in [-0.2, -0.15) is 0 Å². The van der Waals surface area contributed by atoms with Gasteiger partial charge >= 0.3 is 0 Å². The van der Waals surface area contributed by atoms with E-state index in [1.165, 1.54) is 6.26 Å². The van der Waals surface area contributed by atoms with E-state index in [0.717, 1.165) is 12.1 Å². The molecule has 2 saturated heterocycles. The number of likely N-dealkylation sites (tertiary alicyclic amines) is 1. The van der Waals surface area contributed by atoms with Gasteiger partial charge < -0.3 is 23.9 Å². The van der Waals surface area contributed by atoms with E-state index in [-0.39, 0.29) is 11.8 Å². The van der Waals surface area contributed by atoms with Crippen molar-refractivity contribution in [2.75, 3.05) is 40.3 Å². The summed E-state index contributed by atoms with van der Waals surface area (Å²) < 4.78 is 11.7. The van der Waals surface area contributed by atoms with Crippen LogP contribution in [-0.2, 0) is 16.1 Å². The number of ether oxygens (including phenoxy) is 1. The minimum Gasteiger partial charge on any atom is -0.459 e. The maximum Gasteiger partial charge on any atom is 0.289 e. The van der Waals surface area contributed by atoms with Crippen molar-refractivity contribution < 1.29 is 18.7 Å². The molecule has 30 heavy (non-hydrogen) atoms. The SMILES string of the molecule is CN1C[C@@H](C(=O)N(C)Cc2ccccc2)OC2(CCN(C(=O)c3ccco3)CC2)C1.